The van der Waals surface area contributed by atoms with Gasteiger partial charge in [-0.2, -0.15) is 0 Å². The number of nitrogens with one attached hydrogen (secondary N) is 2. The highest BCUT2D eigenvalue weighted by Crippen LogP contribution is 2.08. The molecule has 2 rings (SSSR count). The Morgan fingerprint density at radius 2 is 1.60 bits per heavy atom. The van der Waals surface area contributed by atoms with Gasteiger partial charge in [0.15, 0.2) is 0 Å². The first-order chi connectivity index (χ1) is 12.2. The fourth-order valence-corrected chi connectivity index (χ4v) is 2.33. The van der Waals surface area contributed by atoms with Crippen molar-refractivity contribution in [2.75, 3.05) is 19.7 Å². The minimum Gasteiger partial charge on any atom is -0.494 e. The van der Waals surface area contributed by atoms with Crippen LogP contribution >= 0.6 is 0 Å². The zero-order valence-corrected chi connectivity index (χ0v) is 14.5. The molecular weight excluding hydrogens is 316 g/mol. The van der Waals surface area contributed by atoms with Gasteiger partial charge in [-0.1, -0.05) is 36.4 Å². The Balaban J connectivity index is 1.55. The van der Waals surface area contributed by atoms with Crippen LogP contribution in [0.3, 0.4) is 0 Å². The number of amides is 2. The van der Waals surface area contributed by atoms with Gasteiger partial charge in [0.25, 0.3) is 5.91 Å². The Bertz CT molecular complexity index is 686. The highest BCUT2D eigenvalue weighted by Gasteiger charge is 2.07. The molecule has 0 heterocycles. The van der Waals surface area contributed by atoms with Gasteiger partial charge in [0.2, 0.25) is 5.91 Å². The number of hydrogen-bond donors (Lipinski definition) is 2. The second-order valence-corrected chi connectivity index (χ2v) is 5.69. The minimum absolute atomic E-state index is 0.0400. The topological polar surface area (TPSA) is 67.4 Å². The van der Waals surface area contributed by atoms with Gasteiger partial charge in [-0.15, -0.1) is 0 Å². The fourth-order valence-electron chi connectivity index (χ4n) is 2.33. The Morgan fingerprint density at radius 3 is 2.36 bits per heavy atom. The summed E-state index contributed by atoms with van der Waals surface area (Å²) in [6, 6.07) is 16.9. The van der Waals surface area contributed by atoms with E-state index < -0.39 is 0 Å². The number of para-hydroxylation sites is 1. The van der Waals surface area contributed by atoms with Crippen molar-refractivity contribution in [3.05, 3.63) is 65.7 Å². The molecule has 0 aliphatic carbocycles. The van der Waals surface area contributed by atoms with Crippen molar-refractivity contribution in [3.8, 4) is 5.75 Å². The van der Waals surface area contributed by atoms with Gasteiger partial charge in [-0.25, -0.2) is 0 Å². The third kappa shape index (κ3) is 6.67. The molecule has 0 atom stereocenters. The molecule has 0 radical (unpaired) electrons. The van der Waals surface area contributed by atoms with Gasteiger partial charge in [0, 0.05) is 25.1 Å². The summed E-state index contributed by atoms with van der Waals surface area (Å²) in [6.07, 6.45) is 1.05. The van der Waals surface area contributed by atoms with E-state index in [1.54, 1.807) is 6.07 Å². The number of ether oxygens (including phenoxy) is 1. The Kier molecular flexibility index (Phi) is 7.50. The highest BCUT2D eigenvalue weighted by molar-refractivity contribution is 5.95. The van der Waals surface area contributed by atoms with E-state index in [2.05, 4.69) is 10.6 Å². The second-order valence-electron chi connectivity index (χ2n) is 5.69. The largest absolute Gasteiger partial charge is 0.494 e. The molecule has 2 aromatic carbocycles. The molecule has 0 fully saturated rings. The van der Waals surface area contributed by atoms with Crippen molar-refractivity contribution in [1.82, 2.24) is 10.6 Å². The molecule has 0 aliphatic heterocycles. The lowest BCUT2D eigenvalue weighted by atomic mass is 10.1. The first kappa shape index (κ1) is 18.5. The summed E-state index contributed by atoms with van der Waals surface area (Å²) in [5.74, 6) is 0.646. The average Bonchev–Trinajstić information content (AvgIpc) is 2.63. The van der Waals surface area contributed by atoms with Crippen LogP contribution in [0.1, 0.15) is 28.8 Å². The third-order valence-corrected chi connectivity index (χ3v) is 3.68. The Morgan fingerprint density at radius 1 is 0.920 bits per heavy atom. The molecule has 5 nitrogen and oxygen atoms in total. The van der Waals surface area contributed by atoms with Crippen LogP contribution in [0.5, 0.6) is 5.75 Å². The van der Waals surface area contributed by atoms with E-state index in [0.717, 1.165) is 11.3 Å². The molecule has 0 unspecified atom stereocenters. The first-order valence-corrected chi connectivity index (χ1v) is 8.45. The Labute approximate surface area is 148 Å². The average molecular weight is 340 g/mol. The van der Waals surface area contributed by atoms with Crippen molar-refractivity contribution in [2.24, 2.45) is 0 Å². The van der Waals surface area contributed by atoms with Crippen LogP contribution in [0.4, 0.5) is 0 Å². The van der Waals surface area contributed by atoms with Gasteiger partial charge in [0.1, 0.15) is 5.75 Å². The standard InChI is InChI=1S/C20H24N2O3/c1-16-8-5-6-11-18(16)20(24)22-14-13-21-19(23)12-7-15-25-17-9-3-2-4-10-17/h2-6,8-11H,7,12-15H2,1H3,(H,21,23)(H,22,24). The van der Waals surface area contributed by atoms with Crippen molar-refractivity contribution in [3.63, 3.8) is 0 Å². The molecule has 0 saturated carbocycles. The van der Waals surface area contributed by atoms with Crippen molar-refractivity contribution in [2.45, 2.75) is 19.8 Å². The predicted octanol–water partition coefficient (Wildman–Crippen LogP) is 2.70. The molecule has 0 aromatic heterocycles. The van der Waals surface area contributed by atoms with Crippen LogP contribution < -0.4 is 15.4 Å². The van der Waals surface area contributed by atoms with Gasteiger partial charge in [0.05, 0.1) is 6.61 Å². The normalized spacial score (nSPS) is 10.1. The van der Waals surface area contributed by atoms with Gasteiger partial charge >= 0.3 is 0 Å². The van der Waals surface area contributed by atoms with E-state index in [0.29, 0.717) is 38.1 Å². The number of benzene rings is 2. The summed E-state index contributed by atoms with van der Waals surface area (Å²) < 4.78 is 5.54. The molecule has 2 aromatic rings. The third-order valence-electron chi connectivity index (χ3n) is 3.68. The number of carbonyl (C=O) groups excluding carboxylic acids is 2. The lowest BCUT2D eigenvalue weighted by Gasteiger charge is -2.09. The first-order valence-electron chi connectivity index (χ1n) is 8.45. The second kappa shape index (κ2) is 10.1. The van der Waals surface area contributed by atoms with Crippen LogP contribution in [0, 0.1) is 6.92 Å². The summed E-state index contributed by atoms with van der Waals surface area (Å²) in [4.78, 5) is 23.8. The van der Waals surface area contributed by atoms with Crippen molar-refractivity contribution in [1.29, 1.82) is 0 Å². The molecular formula is C20H24N2O3. The monoisotopic (exact) mass is 340 g/mol. The van der Waals surface area contributed by atoms with Crippen LogP contribution in [0.2, 0.25) is 0 Å². The molecule has 0 saturated heterocycles. The number of aryl methyl sites for hydroxylation is 1. The van der Waals surface area contributed by atoms with Crippen LogP contribution in [-0.2, 0) is 4.79 Å². The van der Waals surface area contributed by atoms with E-state index >= 15 is 0 Å². The maximum Gasteiger partial charge on any atom is 0.251 e. The number of carbonyl (C=O) groups is 2. The van der Waals surface area contributed by atoms with Crippen LogP contribution in [-0.4, -0.2) is 31.5 Å². The summed E-state index contributed by atoms with van der Waals surface area (Å²) >= 11 is 0. The van der Waals surface area contributed by atoms with Gasteiger partial charge < -0.3 is 15.4 Å². The molecule has 0 aliphatic rings. The molecule has 0 bridgehead atoms. The molecule has 0 spiro atoms. The molecule has 2 N–H and O–H groups in total. The Hall–Kier alpha value is -2.82. The van der Waals surface area contributed by atoms with E-state index in [1.807, 2.05) is 55.5 Å². The number of hydrogen-bond acceptors (Lipinski definition) is 3. The maximum atomic E-state index is 12.0. The maximum absolute atomic E-state index is 12.0. The van der Waals surface area contributed by atoms with E-state index in [1.165, 1.54) is 0 Å². The summed E-state index contributed by atoms with van der Waals surface area (Å²) in [5, 5.41) is 5.60. The van der Waals surface area contributed by atoms with Gasteiger partial charge in [-0.3, -0.25) is 9.59 Å². The zero-order valence-electron chi connectivity index (χ0n) is 14.5. The molecule has 5 heteroatoms. The zero-order chi connectivity index (χ0) is 17.9. The fraction of sp³-hybridized carbons (Fsp3) is 0.300. The van der Waals surface area contributed by atoms with E-state index in [4.69, 9.17) is 4.74 Å². The quantitative estimate of drug-likeness (QED) is 0.690. The summed E-state index contributed by atoms with van der Waals surface area (Å²) in [7, 11) is 0. The number of rotatable bonds is 9. The van der Waals surface area contributed by atoms with E-state index in [9.17, 15) is 9.59 Å². The SMILES string of the molecule is Cc1ccccc1C(=O)NCCNC(=O)CCCOc1ccccc1. The molecule has 2 amide bonds. The lowest BCUT2D eigenvalue weighted by molar-refractivity contribution is -0.121. The van der Waals surface area contributed by atoms with E-state index in [-0.39, 0.29) is 11.8 Å². The molecule has 132 valence electrons. The molecule has 25 heavy (non-hydrogen) atoms. The predicted molar refractivity (Wildman–Crippen MR) is 97.7 cm³/mol. The minimum atomic E-state index is -0.122. The van der Waals surface area contributed by atoms with Crippen molar-refractivity contribution >= 4 is 11.8 Å². The van der Waals surface area contributed by atoms with Crippen molar-refractivity contribution < 1.29 is 14.3 Å². The van der Waals surface area contributed by atoms with Crippen LogP contribution in [0.25, 0.3) is 0 Å². The summed E-state index contributed by atoms with van der Waals surface area (Å²) in [6.45, 7) is 3.21. The van der Waals surface area contributed by atoms with Gasteiger partial charge in [-0.05, 0) is 37.1 Å². The van der Waals surface area contributed by atoms with Crippen LogP contribution in [0.15, 0.2) is 54.6 Å². The smallest absolute Gasteiger partial charge is 0.251 e. The summed E-state index contributed by atoms with van der Waals surface area (Å²) in [5.41, 5.74) is 1.59. The highest BCUT2D eigenvalue weighted by atomic mass is 16.5. The lowest BCUT2D eigenvalue weighted by Crippen LogP contribution is -2.34.